The van der Waals surface area contributed by atoms with E-state index in [9.17, 15) is 9.18 Å². The molecule has 6 heteroatoms. The van der Waals surface area contributed by atoms with Gasteiger partial charge in [-0.2, -0.15) is 5.10 Å². The fraction of sp³-hybridized carbons (Fsp3) is 0.412. The van der Waals surface area contributed by atoms with Crippen LogP contribution in [-0.2, 0) is 6.54 Å². The topological polar surface area (TPSA) is 50.2 Å². The van der Waals surface area contributed by atoms with E-state index < -0.39 is 0 Å². The lowest BCUT2D eigenvalue weighted by atomic mass is 10.1. The number of halogens is 1. The average molecular weight is 316 g/mol. The molecule has 0 aliphatic carbocycles. The summed E-state index contributed by atoms with van der Waals surface area (Å²) in [7, 11) is 1.70. The molecule has 0 spiro atoms. The summed E-state index contributed by atoms with van der Waals surface area (Å²) >= 11 is 0. The highest BCUT2D eigenvalue weighted by molar-refractivity contribution is 5.91. The van der Waals surface area contributed by atoms with E-state index in [2.05, 4.69) is 10.4 Å². The SMILES string of the molecule is CN(Cc1cccc(F)c1)C(=O)c1ccn(C2CCCNC2)n1. The van der Waals surface area contributed by atoms with Crippen molar-refractivity contribution in [3.05, 3.63) is 53.6 Å². The van der Waals surface area contributed by atoms with Crippen LogP contribution in [0, 0.1) is 5.82 Å². The van der Waals surface area contributed by atoms with Gasteiger partial charge >= 0.3 is 0 Å². The van der Waals surface area contributed by atoms with Gasteiger partial charge in [0.2, 0.25) is 0 Å². The average Bonchev–Trinajstić information content (AvgIpc) is 3.05. The Bertz CT molecular complexity index is 679. The van der Waals surface area contributed by atoms with Gasteiger partial charge in [-0.15, -0.1) is 0 Å². The van der Waals surface area contributed by atoms with Crippen molar-refractivity contribution in [2.45, 2.75) is 25.4 Å². The van der Waals surface area contributed by atoms with E-state index >= 15 is 0 Å². The number of nitrogens with zero attached hydrogens (tertiary/aromatic N) is 3. The minimum absolute atomic E-state index is 0.156. The summed E-state index contributed by atoms with van der Waals surface area (Å²) in [5.41, 5.74) is 1.19. The molecule has 1 aromatic carbocycles. The highest BCUT2D eigenvalue weighted by atomic mass is 19.1. The molecule has 1 N–H and O–H groups in total. The fourth-order valence-corrected chi connectivity index (χ4v) is 2.89. The number of amides is 1. The third kappa shape index (κ3) is 3.76. The Hall–Kier alpha value is -2.21. The largest absolute Gasteiger partial charge is 0.336 e. The molecular weight excluding hydrogens is 295 g/mol. The standard InChI is InChI=1S/C17H21FN4O/c1-21(12-13-4-2-5-14(18)10-13)17(23)16-7-9-22(20-16)15-6-3-8-19-11-15/h2,4-5,7,9-10,15,19H,3,6,8,11-12H2,1H3. The van der Waals surface area contributed by atoms with Crippen LogP contribution in [0.25, 0.3) is 0 Å². The van der Waals surface area contributed by atoms with Crippen LogP contribution < -0.4 is 5.32 Å². The molecular formula is C17H21FN4O. The van der Waals surface area contributed by atoms with Gasteiger partial charge in [-0.25, -0.2) is 4.39 Å². The van der Waals surface area contributed by atoms with E-state index in [0.717, 1.165) is 31.5 Å². The first-order valence-corrected chi connectivity index (χ1v) is 7.89. The quantitative estimate of drug-likeness (QED) is 0.941. The number of piperidine rings is 1. The lowest BCUT2D eigenvalue weighted by Gasteiger charge is -2.23. The van der Waals surface area contributed by atoms with E-state index in [-0.39, 0.29) is 11.7 Å². The molecule has 0 radical (unpaired) electrons. The maximum Gasteiger partial charge on any atom is 0.274 e. The van der Waals surface area contributed by atoms with Crippen LogP contribution in [0.3, 0.4) is 0 Å². The Morgan fingerprint density at radius 2 is 2.35 bits per heavy atom. The number of rotatable bonds is 4. The smallest absolute Gasteiger partial charge is 0.274 e. The van der Waals surface area contributed by atoms with E-state index in [0.29, 0.717) is 18.3 Å². The molecule has 1 atom stereocenters. The maximum absolute atomic E-state index is 13.2. The second-order valence-electron chi connectivity index (χ2n) is 5.97. The van der Waals surface area contributed by atoms with Crippen LogP contribution in [0.15, 0.2) is 36.5 Å². The molecule has 5 nitrogen and oxygen atoms in total. The Morgan fingerprint density at radius 1 is 1.48 bits per heavy atom. The van der Waals surface area contributed by atoms with Gasteiger partial charge in [0.1, 0.15) is 11.5 Å². The summed E-state index contributed by atoms with van der Waals surface area (Å²) < 4.78 is 15.1. The molecule has 1 amide bonds. The van der Waals surface area contributed by atoms with Gasteiger partial charge < -0.3 is 10.2 Å². The number of hydrogen-bond donors (Lipinski definition) is 1. The lowest BCUT2D eigenvalue weighted by molar-refractivity contribution is 0.0777. The Labute approximate surface area is 135 Å². The van der Waals surface area contributed by atoms with Crippen molar-refractivity contribution in [3.8, 4) is 0 Å². The molecule has 23 heavy (non-hydrogen) atoms. The van der Waals surface area contributed by atoms with E-state index in [1.165, 1.54) is 12.1 Å². The van der Waals surface area contributed by atoms with Gasteiger partial charge in [0.15, 0.2) is 0 Å². The van der Waals surface area contributed by atoms with Crippen LogP contribution in [0.2, 0.25) is 0 Å². The number of nitrogens with one attached hydrogen (secondary N) is 1. The van der Waals surface area contributed by atoms with Gasteiger partial charge in [-0.1, -0.05) is 12.1 Å². The molecule has 2 heterocycles. The number of aromatic nitrogens is 2. The first kappa shape index (κ1) is 15.7. The van der Waals surface area contributed by atoms with Crippen LogP contribution in [0.4, 0.5) is 4.39 Å². The fourth-order valence-electron chi connectivity index (χ4n) is 2.89. The number of carbonyl (C=O) groups excluding carboxylic acids is 1. The molecule has 1 fully saturated rings. The zero-order valence-corrected chi connectivity index (χ0v) is 13.2. The molecule has 2 aromatic rings. The normalized spacial score (nSPS) is 17.9. The van der Waals surface area contributed by atoms with Crippen molar-refractivity contribution in [1.82, 2.24) is 20.0 Å². The van der Waals surface area contributed by atoms with Crippen LogP contribution >= 0.6 is 0 Å². The van der Waals surface area contributed by atoms with E-state index in [4.69, 9.17) is 0 Å². The van der Waals surface area contributed by atoms with Gasteiger partial charge in [0, 0.05) is 26.3 Å². The summed E-state index contributed by atoms with van der Waals surface area (Å²) in [5, 5.41) is 7.77. The molecule has 1 aliphatic heterocycles. The summed E-state index contributed by atoms with van der Waals surface area (Å²) in [4.78, 5) is 14.0. The van der Waals surface area contributed by atoms with Gasteiger partial charge in [0.05, 0.1) is 6.04 Å². The molecule has 1 unspecified atom stereocenters. The minimum atomic E-state index is -0.294. The molecule has 1 aromatic heterocycles. The van der Waals surface area contributed by atoms with Crippen LogP contribution in [0.5, 0.6) is 0 Å². The van der Waals surface area contributed by atoms with Crippen molar-refractivity contribution in [3.63, 3.8) is 0 Å². The van der Waals surface area contributed by atoms with Gasteiger partial charge in [0.25, 0.3) is 5.91 Å². The second kappa shape index (κ2) is 6.91. The van der Waals surface area contributed by atoms with Crippen molar-refractivity contribution in [1.29, 1.82) is 0 Å². The summed E-state index contributed by atoms with van der Waals surface area (Å²) in [5.74, 6) is -0.450. The number of benzene rings is 1. The predicted molar refractivity (Wildman–Crippen MR) is 85.6 cm³/mol. The Balaban J connectivity index is 1.66. The zero-order chi connectivity index (χ0) is 16.2. The summed E-state index contributed by atoms with van der Waals surface area (Å²) in [6, 6.07) is 8.34. The predicted octanol–water partition coefficient (Wildman–Crippen LogP) is 2.22. The monoisotopic (exact) mass is 316 g/mol. The third-order valence-corrected chi connectivity index (χ3v) is 4.13. The van der Waals surface area contributed by atoms with Crippen molar-refractivity contribution in [2.75, 3.05) is 20.1 Å². The van der Waals surface area contributed by atoms with Gasteiger partial charge in [-0.05, 0) is 43.1 Å². The van der Waals surface area contributed by atoms with E-state index in [1.54, 1.807) is 30.1 Å². The molecule has 1 aliphatic rings. The minimum Gasteiger partial charge on any atom is -0.336 e. The van der Waals surface area contributed by atoms with Crippen molar-refractivity contribution in [2.24, 2.45) is 0 Å². The Morgan fingerprint density at radius 3 is 3.09 bits per heavy atom. The summed E-state index contributed by atoms with van der Waals surface area (Å²) in [6.45, 7) is 2.28. The number of carbonyl (C=O) groups is 1. The second-order valence-corrected chi connectivity index (χ2v) is 5.97. The Kier molecular flexibility index (Phi) is 4.71. The summed E-state index contributed by atoms with van der Waals surface area (Å²) in [6.07, 6.45) is 4.05. The van der Waals surface area contributed by atoms with E-state index in [1.807, 2.05) is 10.9 Å². The molecule has 122 valence electrons. The maximum atomic E-state index is 13.2. The molecule has 0 bridgehead atoms. The van der Waals surface area contributed by atoms with Crippen molar-refractivity contribution >= 4 is 5.91 Å². The molecule has 1 saturated heterocycles. The highest BCUT2D eigenvalue weighted by Crippen LogP contribution is 2.16. The third-order valence-electron chi connectivity index (χ3n) is 4.13. The molecule has 3 rings (SSSR count). The van der Waals surface area contributed by atoms with Crippen LogP contribution in [0.1, 0.15) is 34.9 Å². The first-order chi connectivity index (χ1) is 11.1. The van der Waals surface area contributed by atoms with Crippen molar-refractivity contribution < 1.29 is 9.18 Å². The highest BCUT2D eigenvalue weighted by Gasteiger charge is 2.19. The van der Waals surface area contributed by atoms with Gasteiger partial charge in [-0.3, -0.25) is 9.48 Å². The number of hydrogen-bond acceptors (Lipinski definition) is 3. The molecule has 0 saturated carbocycles. The first-order valence-electron chi connectivity index (χ1n) is 7.89. The zero-order valence-electron chi connectivity index (χ0n) is 13.2. The lowest BCUT2D eigenvalue weighted by Crippen LogP contribution is -2.32. The van der Waals surface area contributed by atoms with Crippen LogP contribution in [-0.4, -0.2) is 40.7 Å².